The highest BCUT2D eigenvalue weighted by Gasteiger charge is 2.48. The van der Waals surface area contributed by atoms with Crippen molar-refractivity contribution in [2.24, 2.45) is 17.3 Å². The van der Waals surface area contributed by atoms with Crippen LogP contribution in [0, 0.1) is 28.6 Å². The predicted octanol–water partition coefficient (Wildman–Crippen LogP) is 1.62. The molecular formula is C25H39N5O4. The molecule has 4 unspecified atom stereocenters. The molecule has 1 saturated heterocycles. The highest BCUT2D eigenvalue weighted by molar-refractivity contribution is 5.92. The third-order valence-electron chi connectivity index (χ3n) is 7.41. The number of hydrogen-bond acceptors (Lipinski definition) is 5. The van der Waals surface area contributed by atoms with Crippen molar-refractivity contribution >= 4 is 23.6 Å². The Morgan fingerprint density at radius 2 is 1.79 bits per heavy atom. The zero-order chi connectivity index (χ0) is 25.3. The number of piperidine rings is 1. The average Bonchev–Trinajstić information content (AvgIpc) is 3.68. The number of likely N-dealkylation sites (N-methyl/N-ethyl adjacent to an activating group) is 1. The quantitative estimate of drug-likeness (QED) is 0.468. The van der Waals surface area contributed by atoms with Crippen LogP contribution in [-0.4, -0.2) is 59.2 Å². The fourth-order valence-corrected chi connectivity index (χ4v) is 4.77. The minimum Gasteiger partial charge on any atom is -0.350 e. The molecule has 3 aliphatic rings. The molecule has 0 aromatic carbocycles. The van der Waals surface area contributed by atoms with Crippen molar-refractivity contribution < 1.29 is 19.2 Å². The summed E-state index contributed by atoms with van der Waals surface area (Å²) in [7, 11) is 1.58. The van der Waals surface area contributed by atoms with Crippen LogP contribution in [0.1, 0.15) is 79.1 Å². The van der Waals surface area contributed by atoms with Gasteiger partial charge in [-0.05, 0) is 49.9 Å². The van der Waals surface area contributed by atoms with E-state index >= 15 is 0 Å². The maximum absolute atomic E-state index is 13.4. The highest BCUT2D eigenvalue weighted by atomic mass is 16.2. The van der Waals surface area contributed by atoms with Gasteiger partial charge in [0.25, 0.3) is 0 Å². The highest BCUT2D eigenvalue weighted by Crippen LogP contribution is 2.44. The molecule has 0 aromatic heterocycles. The summed E-state index contributed by atoms with van der Waals surface area (Å²) in [5.74, 6) is -1.02. The largest absolute Gasteiger partial charge is 0.350 e. The first kappa shape index (κ1) is 26.0. The first-order valence-corrected chi connectivity index (χ1v) is 12.4. The van der Waals surface area contributed by atoms with Crippen LogP contribution < -0.4 is 16.0 Å². The number of nitriles is 1. The van der Waals surface area contributed by atoms with E-state index in [1.54, 1.807) is 7.05 Å². The lowest BCUT2D eigenvalue weighted by atomic mass is 9.85. The van der Waals surface area contributed by atoms with Gasteiger partial charge >= 0.3 is 0 Å². The molecule has 4 atom stereocenters. The fourth-order valence-electron chi connectivity index (χ4n) is 4.77. The third-order valence-corrected chi connectivity index (χ3v) is 7.41. The lowest BCUT2D eigenvalue weighted by molar-refractivity contribution is -0.144. The van der Waals surface area contributed by atoms with Crippen molar-refractivity contribution in [3.8, 4) is 6.07 Å². The van der Waals surface area contributed by atoms with E-state index in [4.69, 9.17) is 0 Å². The van der Waals surface area contributed by atoms with Crippen molar-refractivity contribution in [3.63, 3.8) is 0 Å². The van der Waals surface area contributed by atoms with Crippen molar-refractivity contribution in [3.05, 3.63) is 0 Å². The Bertz CT molecular complexity index is 866. The van der Waals surface area contributed by atoms with Gasteiger partial charge in [-0.3, -0.25) is 19.2 Å². The van der Waals surface area contributed by atoms with E-state index in [1.807, 2.05) is 20.8 Å². The summed E-state index contributed by atoms with van der Waals surface area (Å²) in [5.41, 5.74) is -0.561. The van der Waals surface area contributed by atoms with Crippen LogP contribution in [0.25, 0.3) is 0 Å². The number of carbonyl (C=O) groups is 4. The molecule has 1 aliphatic heterocycles. The minimum absolute atomic E-state index is 0.0189. The number of nitrogens with one attached hydrogen (secondary N) is 3. The molecule has 2 saturated carbocycles. The van der Waals surface area contributed by atoms with Crippen LogP contribution in [-0.2, 0) is 19.2 Å². The summed E-state index contributed by atoms with van der Waals surface area (Å²) >= 11 is 0. The maximum Gasteiger partial charge on any atom is 0.246 e. The predicted molar refractivity (Wildman–Crippen MR) is 126 cm³/mol. The standard InChI is InChI=1S/C25H39N5O4/c1-15(31)27-20(24(2,3)4)23(34)30(5)19(12-16-6-7-16)22(33)28-18(14-26)13-17-8-9-25(10-11-25)29-21(17)32/h16-20H,6-13H2,1-5H3,(H,27,31)(H,28,33)(H,29,32). The van der Waals surface area contributed by atoms with Crippen molar-refractivity contribution in [2.75, 3.05) is 7.05 Å². The average molecular weight is 474 g/mol. The molecule has 3 N–H and O–H groups in total. The summed E-state index contributed by atoms with van der Waals surface area (Å²) in [6.07, 6.45) is 6.44. The third kappa shape index (κ3) is 6.49. The summed E-state index contributed by atoms with van der Waals surface area (Å²) in [5, 5.41) is 18.3. The second-order valence-corrected chi connectivity index (χ2v) is 11.6. The SMILES string of the molecule is CC(=O)NC(C(=O)N(C)C(CC1CC1)C(=O)NC(C#N)CC1CCC2(CC2)NC1=O)C(C)(C)C. The van der Waals surface area contributed by atoms with Gasteiger partial charge in [-0.1, -0.05) is 33.6 Å². The van der Waals surface area contributed by atoms with E-state index in [1.165, 1.54) is 11.8 Å². The monoisotopic (exact) mass is 473 g/mol. The Morgan fingerprint density at radius 1 is 1.15 bits per heavy atom. The van der Waals surface area contributed by atoms with Crippen LogP contribution >= 0.6 is 0 Å². The van der Waals surface area contributed by atoms with E-state index in [9.17, 15) is 24.4 Å². The molecule has 0 radical (unpaired) electrons. The van der Waals surface area contributed by atoms with Crippen molar-refractivity contribution in [1.82, 2.24) is 20.9 Å². The Kier molecular flexibility index (Phi) is 7.59. The molecule has 1 heterocycles. The van der Waals surface area contributed by atoms with Gasteiger partial charge in [0.2, 0.25) is 23.6 Å². The smallest absolute Gasteiger partial charge is 0.246 e. The molecule has 0 bridgehead atoms. The minimum atomic E-state index is -0.810. The molecule has 34 heavy (non-hydrogen) atoms. The zero-order valence-corrected chi connectivity index (χ0v) is 21.1. The molecule has 3 fully saturated rings. The second-order valence-electron chi connectivity index (χ2n) is 11.6. The summed E-state index contributed by atoms with van der Waals surface area (Å²) in [4.78, 5) is 52.3. The molecule has 1 spiro atoms. The van der Waals surface area contributed by atoms with Crippen LogP contribution in [0.3, 0.4) is 0 Å². The normalized spacial score (nSPS) is 23.6. The van der Waals surface area contributed by atoms with Crippen molar-refractivity contribution in [1.29, 1.82) is 5.26 Å². The van der Waals surface area contributed by atoms with Gasteiger partial charge in [0, 0.05) is 25.4 Å². The van der Waals surface area contributed by atoms with Gasteiger partial charge < -0.3 is 20.9 Å². The molecule has 0 aromatic rings. The molecular weight excluding hydrogens is 434 g/mol. The fraction of sp³-hybridized carbons (Fsp3) is 0.800. The Morgan fingerprint density at radius 3 is 2.26 bits per heavy atom. The van der Waals surface area contributed by atoms with E-state index in [0.717, 1.165) is 32.1 Å². The van der Waals surface area contributed by atoms with E-state index < -0.39 is 23.5 Å². The van der Waals surface area contributed by atoms with Crippen LogP contribution in [0.2, 0.25) is 0 Å². The van der Waals surface area contributed by atoms with Gasteiger partial charge in [0.1, 0.15) is 18.1 Å². The van der Waals surface area contributed by atoms with E-state index in [2.05, 4.69) is 22.0 Å². The summed E-state index contributed by atoms with van der Waals surface area (Å²) < 4.78 is 0. The molecule has 2 aliphatic carbocycles. The van der Waals surface area contributed by atoms with Crippen molar-refractivity contribution in [2.45, 2.75) is 103 Å². The van der Waals surface area contributed by atoms with Gasteiger partial charge in [-0.2, -0.15) is 5.26 Å². The second kappa shape index (κ2) is 9.93. The molecule has 9 nitrogen and oxygen atoms in total. The van der Waals surface area contributed by atoms with Gasteiger partial charge in [-0.15, -0.1) is 0 Å². The number of rotatable bonds is 9. The number of amides is 4. The molecule has 3 rings (SSSR count). The lowest BCUT2D eigenvalue weighted by Gasteiger charge is -2.36. The van der Waals surface area contributed by atoms with Gasteiger partial charge in [0.05, 0.1) is 6.07 Å². The van der Waals surface area contributed by atoms with E-state index in [-0.39, 0.29) is 41.5 Å². The summed E-state index contributed by atoms with van der Waals surface area (Å²) in [6.45, 7) is 6.95. The number of hydrogen-bond donors (Lipinski definition) is 3. The Hall–Kier alpha value is -2.63. The first-order valence-electron chi connectivity index (χ1n) is 12.4. The Balaban J connectivity index is 1.67. The lowest BCUT2D eigenvalue weighted by Crippen LogP contribution is -2.58. The van der Waals surface area contributed by atoms with E-state index in [0.29, 0.717) is 18.8 Å². The molecule has 4 amide bonds. The number of nitrogens with zero attached hydrogens (tertiary/aromatic N) is 2. The van der Waals surface area contributed by atoms with Gasteiger partial charge in [-0.25, -0.2) is 0 Å². The molecule has 9 heteroatoms. The van der Waals surface area contributed by atoms with Gasteiger partial charge in [0.15, 0.2) is 0 Å². The van der Waals surface area contributed by atoms with Crippen LogP contribution in [0.15, 0.2) is 0 Å². The van der Waals surface area contributed by atoms with Crippen LogP contribution in [0.4, 0.5) is 0 Å². The maximum atomic E-state index is 13.4. The molecule has 188 valence electrons. The summed E-state index contributed by atoms with van der Waals surface area (Å²) in [6, 6.07) is -0.206. The number of carbonyl (C=O) groups excluding carboxylic acids is 4. The topological polar surface area (TPSA) is 131 Å². The zero-order valence-electron chi connectivity index (χ0n) is 21.1. The Labute approximate surface area is 202 Å². The first-order chi connectivity index (χ1) is 15.8. The van der Waals surface area contributed by atoms with Crippen LogP contribution in [0.5, 0.6) is 0 Å².